The van der Waals surface area contributed by atoms with Crippen LogP contribution < -0.4 is 28.4 Å². The second-order valence-corrected chi connectivity index (χ2v) is 17.6. The lowest BCUT2D eigenvalue weighted by Crippen LogP contribution is -2.13. The fourth-order valence-electron chi connectivity index (χ4n) is 7.72. The molecule has 10 heteroatoms. The van der Waals surface area contributed by atoms with E-state index >= 15 is 0 Å². The van der Waals surface area contributed by atoms with E-state index in [0.29, 0.717) is 30.3 Å². The smallest absolute Gasteiger partial charge is 0.343 e. The van der Waals surface area contributed by atoms with E-state index in [1.165, 1.54) is 151 Å². The molecule has 0 amide bonds. The standard InChI is InChI=1S/C59H72O10/c1-4-6-8-10-12-14-16-18-20-22-43-64-50-35-39-52(40-36-50)66-56(60)46-27-31-48(32-28-46)58(62)68-54-25-24-26-55(45(54)3)69-59(63)49-33-29-47(30-34-49)57(61)67-53-41-37-51(38-42-53)65-44-23-21-19-17-15-13-11-9-7-5-2/h24-42H,4-23,43-44H2,1-3H3. The molecule has 0 radical (unpaired) electrons. The lowest BCUT2D eigenvalue weighted by Gasteiger charge is -2.12. The molecule has 0 fully saturated rings. The Morgan fingerprint density at radius 3 is 0.884 bits per heavy atom. The Morgan fingerprint density at radius 1 is 0.319 bits per heavy atom. The molecule has 368 valence electrons. The van der Waals surface area contributed by atoms with Gasteiger partial charge in [0.15, 0.2) is 0 Å². The summed E-state index contributed by atoms with van der Waals surface area (Å²) in [6.45, 7) is 7.45. The van der Waals surface area contributed by atoms with Crippen molar-refractivity contribution in [3.8, 4) is 34.5 Å². The molecule has 0 unspecified atom stereocenters. The zero-order valence-corrected chi connectivity index (χ0v) is 41.1. The SMILES string of the molecule is CCCCCCCCCCCCOc1ccc(OC(=O)c2ccc(C(=O)Oc3cccc(OC(=O)c4ccc(C(=O)Oc5ccc(OCCCCCCCCCCCC)cc5)cc4)c3C)cc2)cc1. The van der Waals surface area contributed by atoms with Gasteiger partial charge in [0.05, 0.1) is 35.5 Å². The Morgan fingerprint density at radius 2 is 0.580 bits per heavy atom. The van der Waals surface area contributed by atoms with Gasteiger partial charge in [-0.05, 0) is 129 Å². The van der Waals surface area contributed by atoms with Crippen LogP contribution in [0.3, 0.4) is 0 Å². The Labute approximate surface area is 410 Å². The van der Waals surface area contributed by atoms with Gasteiger partial charge in [-0.25, -0.2) is 19.2 Å². The molecule has 69 heavy (non-hydrogen) atoms. The van der Waals surface area contributed by atoms with Crippen LogP contribution in [0.2, 0.25) is 0 Å². The summed E-state index contributed by atoms with van der Waals surface area (Å²) in [4.78, 5) is 52.1. The van der Waals surface area contributed by atoms with Crippen molar-refractivity contribution in [1.82, 2.24) is 0 Å². The fraction of sp³-hybridized carbons (Fsp3) is 0.424. The number of rotatable bonds is 32. The molecule has 0 atom stereocenters. The van der Waals surface area contributed by atoms with Gasteiger partial charge in [0.25, 0.3) is 0 Å². The van der Waals surface area contributed by atoms with Gasteiger partial charge in [-0.1, -0.05) is 135 Å². The first-order valence-electron chi connectivity index (χ1n) is 25.4. The number of unbranched alkanes of at least 4 members (excludes halogenated alkanes) is 18. The molecule has 0 aromatic heterocycles. The summed E-state index contributed by atoms with van der Waals surface area (Å²) in [5.41, 5.74) is 1.35. The molecule has 0 spiro atoms. The quantitative estimate of drug-likeness (QED) is 0.0234. The van der Waals surface area contributed by atoms with Gasteiger partial charge >= 0.3 is 23.9 Å². The minimum absolute atomic E-state index is 0.191. The highest BCUT2D eigenvalue weighted by atomic mass is 16.6. The minimum atomic E-state index is -0.666. The van der Waals surface area contributed by atoms with Gasteiger partial charge in [-0.15, -0.1) is 0 Å². The normalized spacial score (nSPS) is 10.9. The van der Waals surface area contributed by atoms with Crippen LogP contribution in [-0.2, 0) is 0 Å². The van der Waals surface area contributed by atoms with Gasteiger partial charge in [0.1, 0.15) is 34.5 Å². The molecule has 10 nitrogen and oxygen atoms in total. The van der Waals surface area contributed by atoms with Crippen molar-refractivity contribution >= 4 is 23.9 Å². The van der Waals surface area contributed by atoms with E-state index in [9.17, 15) is 19.2 Å². The third kappa shape index (κ3) is 19.6. The first kappa shape index (κ1) is 53.5. The number of ether oxygens (including phenoxy) is 6. The van der Waals surface area contributed by atoms with Crippen LogP contribution in [0, 0.1) is 6.92 Å². The van der Waals surface area contributed by atoms with Gasteiger partial charge in [-0.3, -0.25) is 0 Å². The molecule has 0 N–H and O–H groups in total. The molecule has 5 aromatic rings. The average Bonchev–Trinajstić information content (AvgIpc) is 3.37. The molecule has 0 aliphatic rings. The molecule has 0 saturated heterocycles. The van der Waals surface area contributed by atoms with Crippen molar-refractivity contribution in [3.63, 3.8) is 0 Å². The summed E-state index contributed by atoms with van der Waals surface area (Å²) in [6, 6.07) is 30.6. The third-order valence-electron chi connectivity index (χ3n) is 12.0. The number of carbonyl (C=O) groups is 4. The monoisotopic (exact) mass is 941 g/mol. The maximum atomic E-state index is 13.1. The van der Waals surface area contributed by atoms with Gasteiger partial charge < -0.3 is 28.4 Å². The summed E-state index contributed by atoms with van der Waals surface area (Å²) >= 11 is 0. The lowest BCUT2D eigenvalue weighted by molar-refractivity contribution is 0.0712. The second kappa shape index (κ2) is 30.9. The fourth-order valence-corrected chi connectivity index (χ4v) is 7.72. The minimum Gasteiger partial charge on any atom is -0.494 e. The van der Waals surface area contributed by atoms with E-state index in [-0.39, 0.29) is 33.8 Å². The Bertz CT molecular complexity index is 2120. The molecule has 0 aliphatic heterocycles. The molecule has 5 aromatic carbocycles. The number of benzene rings is 5. The van der Waals surface area contributed by atoms with Crippen molar-refractivity contribution in [2.24, 2.45) is 0 Å². The van der Waals surface area contributed by atoms with Crippen molar-refractivity contribution in [2.45, 2.75) is 149 Å². The van der Waals surface area contributed by atoms with E-state index in [0.717, 1.165) is 37.2 Å². The van der Waals surface area contributed by atoms with Crippen LogP contribution in [0.25, 0.3) is 0 Å². The zero-order chi connectivity index (χ0) is 48.9. The van der Waals surface area contributed by atoms with Crippen LogP contribution in [0.1, 0.15) is 189 Å². The van der Waals surface area contributed by atoms with Gasteiger partial charge in [-0.2, -0.15) is 0 Å². The number of hydrogen-bond donors (Lipinski definition) is 0. The Hall–Kier alpha value is -6.42. The van der Waals surface area contributed by atoms with Crippen molar-refractivity contribution in [2.75, 3.05) is 13.2 Å². The van der Waals surface area contributed by atoms with E-state index in [1.54, 1.807) is 73.7 Å². The average molecular weight is 941 g/mol. The van der Waals surface area contributed by atoms with E-state index < -0.39 is 23.9 Å². The third-order valence-corrected chi connectivity index (χ3v) is 12.0. The predicted octanol–water partition coefficient (Wildman–Crippen LogP) is 15.5. The van der Waals surface area contributed by atoms with Gasteiger partial charge in [0, 0.05) is 5.56 Å². The van der Waals surface area contributed by atoms with Crippen molar-refractivity contribution in [3.05, 3.63) is 143 Å². The zero-order valence-electron chi connectivity index (χ0n) is 41.1. The highest BCUT2D eigenvalue weighted by Crippen LogP contribution is 2.29. The van der Waals surface area contributed by atoms with E-state index in [4.69, 9.17) is 28.4 Å². The van der Waals surface area contributed by atoms with Crippen molar-refractivity contribution < 1.29 is 47.6 Å². The summed E-state index contributed by atoms with van der Waals surface area (Å²) < 4.78 is 34.2. The largest absolute Gasteiger partial charge is 0.494 e. The number of esters is 4. The van der Waals surface area contributed by atoms with Crippen molar-refractivity contribution in [1.29, 1.82) is 0 Å². The first-order chi connectivity index (χ1) is 33.7. The predicted molar refractivity (Wildman–Crippen MR) is 271 cm³/mol. The lowest BCUT2D eigenvalue weighted by atomic mass is 10.1. The molecular weight excluding hydrogens is 869 g/mol. The highest BCUT2D eigenvalue weighted by molar-refractivity contribution is 5.96. The van der Waals surface area contributed by atoms with Crippen LogP contribution >= 0.6 is 0 Å². The molecular formula is C59H72O10. The Balaban J connectivity index is 0.996. The van der Waals surface area contributed by atoms with E-state index in [1.807, 2.05) is 0 Å². The summed E-state index contributed by atoms with van der Waals surface area (Å²) in [7, 11) is 0. The summed E-state index contributed by atoms with van der Waals surface area (Å²) in [6.07, 6.45) is 25.3. The van der Waals surface area contributed by atoms with Crippen LogP contribution in [0.5, 0.6) is 34.5 Å². The number of carbonyl (C=O) groups excluding carboxylic acids is 4. The molecule has 0 heterocycles. The molecule has 5 rings (SSSR count). The van der Waals surface area contributed by atoms with E-state index in [2.05, 4.69) is 13.8 Å². The maximum Gasteiger partial charge on any atom is 0.343 e. The number of hydrogen-bond acceptors (Lipinski definition) is 10. The van der Waals surface area contributed by atoms with Crippen LogP contribution in [0.15, 0.2) is 115 Å². The van der Waals surface area contributed by atoms with Crippen LogP contribution in [0.4, 0.5) is 0 Å². The molecule has 0 bridgehead atoms. The summed E-state index contributed by atoms with van der Waals surface area (Å²) in [5, 5.41) is 0. The highest BCUT2D eigenvalue weighted by Gasteiger charge is 2.18. The van der Waals surface area contributed by atoms with Crippen LogP contribution in [-0.4, -0.2) is 37.1 Å². The molecule has 0 saturated carbocycles. The second-order valence-electron chi connectivity index (χ2n) is 17.6. The molecule has 0 aliphatic carbocycles. The van der Waals surface area contributed by atoms with Gasteiger partial charge in [0.2, 0.25) is 0 Å². The topological polar surface area (TPSA) is 124 Å². The first-order valence-corrected chi connectivity index (χ1v) is 25.4. The maximum absolute atomic E-state index is 13.1. The Kier molecular flexibility index (Phi) is 23.9. The summed E-state index contributed by atoms with van der Waals surface area (Å²) in [5.74, 6) is 0.0932.